The van der Waals surface area contributed by atoms with Crippen molar-refractivity contribution in [3.8, 4) is 0 Å². The van der Waals surface area contributed by atoms with Crippen LogP contribution in [0.15, 0.2) is 72.9 Å². The molecular weight excluding hydrogens is 746 g/mol. The van der Waals surface area contributed by atoms with Crippen molar-refractivity contribution >= 4 is 17.7 Å². The number of quaternary nitrogens is 1. The first-order valence-electron chi connectivity index (χ1n) is 24.9. The maximum atomic E-state index is 13.4. The minimum Gasteiger partial charge on any atom is -1.00 e. The lowest BCUT2D eigenvalue weighted by Crippen LogP contribution is -3.19. The lowest BCUT2D eigenvalue weighted by molar-refractivity contribution is -0.658. The van der Waals surface area contributed by atoms with Crippen molar-refractivity contribution in [3.63, 3.8) is 0 Å². The zero-order valence-corrected chi connectivity index (χ0v) is 39.7. The van der Waals surface area contributed by atoms with Crippen molar-refractivity contribution in [1.29, 1.82) is 0 Å². The largest absolute Gasteiger partial charge is 1.00 e. The van der Waals surface area contributed by atoms with Gasteiger partial charge in [-0.1, -0.05) is 190 Å². The molecule has 0 heterocycles. The van der Waals surface area contributed by atoms with Gasteiger partial charge in [0.25, 0.3) is 0 Å². The van der Waals surface area contributed by atoms with Crippen molar-refractivity contribution < 1.29 is 31.7 Å². The van der Waals surface area contributed by atoms with Crippen LogP contribution in [0.4, 0.5) is 0 Å². The van der Waals surface area contributed by atoms with Crippen LogP contribution >= 0.6 is 0 Å². The van der Waals surface area contributed by atoms with E-state index in [4.69, 9.17) is 0 Å². The fourth-order valence-corrected chi connectivity index (χ4v) is 7.13. The van der Waals surface area contributed by atoms with E-state index in [0.717, 1.165) is 116 Å². The molecule has 0 aliphatic heterocycles. The fraction of sp³-hybridized carbons (Fsp3) is 0.722. The molecule has 0 aromatic heterocycles. The number of allylic oxidation sites excluding steroid dienone is 12. The first-order valence-corrected chi connectivity index (χ1v) is 24.9. The third kappa shape index (κ3) is 43.6. The lowest BCUT2D eigenvalue weighted by atomic mass is 10.1. The van der Waals surface area contributed by atoms with E-state index in [1.165, 1.54) is 96.3 Å². The highest BCUT2D eigenvalue weighted by Crippen LogP contribution is 2.11. The maximum Gasteiger partial charge on any atom is 0.326 e. The molecule has 0 saturated heterocycles. The molecule has 0 aliphatic rings. The summed E-state index contributed by atoms with van der Waals surface area (Å²) in [6.45, 7) is 6.73. The van der Waals surface area contributed by atoms with Crippen LogP contribution in [0.5, 0.6) is 0 Å². The summed E-state index contributed by atoms with van der Waals surface area (Å²) in [5.74, 6) is -0.609. The van der Waals surface area contributed by atoms with Gasteiger partial charge in [0.05, 0.1) is 19.3 Å². The van der Waals surface area contributed by atoms with E-state index < -0.39 is 0 Å². The van der Waals surface area contributed by atoms with Crippen molar-refractivity contribution in [3.05, 3.63) is 72.9 Å². The Balaban J connectivity index is 0. The van der Waals surface area contributed by atoms with Crippen LogP contribution in [0.2, 0.25) is 0 Å². The zero-order chi connectivity index (χ0) is 42.3. The molecule has 0 aromatic rings. The molecule has 59 heavy (non-hydrogen) atoms. The van der Waals surface area contributed by atoms with Gasteiger partial charge >= 0.3 is 17.7 Å². The zero-order valence-electron chi connectivity index (χ0n) is 39.0. The number of nitrogens with one attached hydrogen (secondary N) is 1. The second-order valence-electron chi connectivity index (χ2n) is 16.6. The molecule has 0 spiro atoms. The Labute approximate surface area is 372 Å². The molecule has 3 amide bonds. The van der Waals surface area contributed by atoms with Gasteiger partial charge in [-0.2, -0.15) is 0 Å². The summed E-state index contributed by atoms with van der Waals surface area (Å²) in [7, 11) is 0. The predicted octanol–water partition coefficient (Wildman–Crippen LogP) is 12.9. The van der Waals surface area contributed by atoms with Gasteiger partial charge < -0.3 is 12.4 Å². The Kier molecular flexibility index (Phi) is 49.9. The van der Waals surface area contributed by atoms with Crippen molar-refractivity contribution in [2.24, 2.45) is 0 Å². The molecule has 1 N–H and O–H groups in total. The van der Waals surface area contributed by atoms with Crippen molar-refractivity contribution in [2.75, 3.05) is 0 Å². The maximum absolute atomic E-state index is 13.4. The molecule has 0 aliphatic carbocycles. The van der Waals surface area contributed by atoms with E-state index in [2.05, 4.69) is 93.7 Å². The van der Waals surface area contributed by atoms with Crippen molar-refractivity contribution in [1.82, 2.24) is 0 Å². The number of carbonyl (C=O) groups excluding carboxylic acids is 3. The molecule has 0 rings (SSSR count). The Bertz CT molecular complexity index is 979. The minimum atomic E-state index is -0.203. The van der Waals surface area contributed by atoms with Crippen LogP contribution < -0.4 is 17.3 Å². The van der Waals surface area contributed by atoms with Gasteiger partial charge in [-0.3, -0.25) is 0 Å². The standard InChI is InChI=1S/C54H93NO3.ClH/c1-4-7-10-13-16-19-22-25-28-31-34-37-40-43-46-49-52(56)55(53(57)50-47-44-41-38-35-32-29-26-23-20-17-14-11-8-5-2)54(58)51-48-45-42-39-36-33-30-27-24-21-18-15-12-9-6-3;/h16-21,25-30H,4-15,22-24,31-51H2,1-3H3;1H. The fourth-order valence-electron chi connectivity index (χ4n) is 7.13. The number of halogens is 1. The number of amides is 3. The molecule has 0 aromatic carbocycles. The van der Waals surface area contributed by atoms with E-state index in [0.29, 0.717) is 19.3 Å². The van der Waals surface area contributed by atoms with E-state index in [1.807, 2.05) is 0 Å². The smallest absolute Gasteiger partial charge is 0.326 e. The van der Waals surface area contributed by atoms with Crippen molar-refractivity contribution in [2.45, 2.75) is 252 Å². The number of unbranched alkanes of at least 4 members (excludes halogenated alkanes) is 24. The molecule has 5 heteroatoms. The summed E-state index contributed by atoms with van der Waals surface area (Å²) >= 11 is 0. The lowest BCUT2D eigenvalue weighted by Gasteiger charge is -2.13. The molecule has 0 bridgehead atoms. The van der Waals surface area contributed by atoms with Gasteiger partial charge in [0.15, 0.2) is 0 Å². The summed E-state index contributed by atoms with van der Waals surface area (Å²) in [4.78, 5) is 40.1. The van der Waals surface area contributed by atoms with E-state index in [-0.39, 0.29) is 35.0 Å². The average Bonchev–Trinajstić information content (AvgIpc) is 3.22. The summed E-state index contributed by atoms with van der Waals surface area (Å²) in [5.41, 5.74) is 0. The molecule has 340 valence electrons. The van der Waals surface area contributed by atoms with Gasteiger partial charge in [-0.05, 0) is 116 Å². The summed E-state index contributed by atoms with van der Waals surface area (Å²) < 4.78 is 0. The summed E-state index contributed by atoms with van der Waals surface area (Å²) in [6, 6.07) is 0. The van der Waals surface area contributed by atoms with Gasteiger partial charge in [0.2, 0.25) is 0 Å². The molecule has 0 saturated carbocycles. The molecule has 0 unspecified atom stereocenters. The summed E-state index contributed by atoms with van der Waals surface area (Å²) in [5, 5.41) is 0. The monoisotopic (exact) mass is 840 g/mol. The Hall–Kier alpha value is -2.30. The highest BCUT2D eigenvalue weighted by Gasteiger charge is 2.33. The first kappa shape index (κ1) is 58.8. The summed E-state index contributed by atoms with van der Waals surface area (Å²) in [6.07, 6.45) is 65.4. The van der Waals surface area contributed by atoms with Crippen LogP contribution in [0.3, 0.4) is 0 Å². The number of rotatable bonds is 42. The molecule has 0 fully saturated rings. The quantitative estimate of drug-likeness (QED) is 0.0492. The number of hydrogen-bond donors (Lipinski definition) is 1. The third-order valence-electron chi connectivity index (χ3n) is 10.9. The van der Waals surface area contributed by atoms with Gasteiger partial charge in [0, 0.05) is 0 Å². The first-order chi connectivity index (χ1) is 28.6. The van der Waals surface area contributed by atoms with Crippen LogP contribution in [-0.2, 0) is 14.4 Å². The number of carbonyl (C=O) groups is 3. The predicted molar refractivity (Wildman–Crippen MR) is 254 cm³/mol. The SMILES string of the molecule is CCCCCC=CCC=CCCCCCCCC(=O)[NH+](C(=O)CCCCCCCC=CCC=CCCCCC)C(=O)CCCCCCCC=CCC=CCCCCC.[Cl-]. The van der Waals surface area contributed by atoms with Crippen LogP contribution in [0.25, 0.3) is 0 Å². The third-order valence-corrected chi connectivity index (χ3v) is 10.9. The van der Waals surface area contributed by atoms with Crippen LogP contribution in [-0.4, -0.2) is 17.7 Å². The molecule has 4 nitrogen and oxygen atoms in total. The molecule has 0 atom stereocenters. The molecule has 0 radical (unpaired) electrons. The van der Waals surface area contributed by atoms with E-state index in [9.17, 15) is 14.4 Å². The highest BCUT2D eigenvalue weighted by molar-refractivity contribution is 5.93. The Morgan fingerprint density at radius 2 is 0.492 bits per heavy atom. The second kappa shape index (κ2) is 50.1. The van der Waals surface area contributed by atoms with Gasteiger partial charge in [0.1, 0.15) is 0 Å². The normalized spacial score (nSPS) is 12.7. The Morgan fingerprint density at radius 3 is 0.729 bits per heavy atom. The van der Waals surface area contributed by atoms with E-state index in [1.54, 1.807) is 0 Å². The number of imide groups is 3. The van der Waals surface area contributed by atoms with E-state index >= 15 is 0 Å². The molecular formula is C54H94ClNO3. The number of hydrogen-bond acceptors (Lipinski definition) is 3. The van der Waals surface area contributed by atoms with Gasteiger partial charge in [-0.15, -0.1) is 4.90 Å². The van der Waals surface area contributed by atoms with Crippen LogP contribution in [0, 0.1) is 0 Å². The highest BCUT2D eigenvalue weighted by atomic mass is 35.5. The topological polar surface area (TPSA) is 55.6 Å². The van der Waals surface area contributed by atoms with Crippen LogP contribution in [0.1, 0.15) is 252 Å². The minimum absolute atomic E-state index is 0. The average molecular weight is 841 g/mol. The Morgan fingerprint density at radius 1 is 0.288 bits per heavy atom. The second-order valence-corrected chi connectivity index (χ2v) is 16.6. The van der Waals surface area contributed by atoms with Gasteiger partial charge in [-0.25, -0.2) is 14.4 Å².